The van der Waals surface area contributed by atoms with Gasteiger partial charge in [-0.05, 0) is 92.0 Å². The summed E-state index contributed by atoms with van der Waals surface area (Å²) in [5.41, 5.74) is 11.8. The number of ketones is 1. The minimum absolute atomic E-state index is 0.391. The molecule has 1 amide bonds. The summed E-state index contributed by atoms with van der Waals surface area (Å²) in [5, 5.41) is 3.46. The summed E-state index contributed by atoms with van der Waals surface area (Å²) in [6.45, 7) is 13.4. The molecular formula is C31H44N2O2. The number of aryl methyl sites for hydroxylation is 1. The molecule has 0 aromatic heterocycles. The molecule has 0 heterocycles. The van der Waals surface area contributed by atoms with Crippen LogP contribution in [0.3, 0.4) is 0 Å². The third-order valence-electron chi connectivity index (χ3n) is 6.99. The number of hydrogen-bond acceptors (Lipinski definition) is 3. The fraction of sp³-hybridized carbons (Fsp3) is 0.484. The highest BCUT2D eigenvalue weighted by molar-refractivity contribution is 5.92. The van der Waals surface area contributed by atoms with Crippen LogP contribution in [-0.4, -0.2) is 11.7 Å². The molecule has 0 atom stereocenters. The number of amides is 1. The third-order valence-corrected chi connectivity index (χ3v) is 6.99. The van der Waals surface area contributed by atoms with E-state index in [4.69, 9.17) is 5.73 Å². The molecule has 0 bridgehead atoms. The first-order valence-electron chi connectivity index (χ1n) is 13.2. The topological polar surface area (TPSA) is 72.2 Å². The Labute approximate surface area is 212 Å². The first-order valence-corrected chi connectivity index (χ1v) is 13.2. The van der Waals surface area contributed by atoms with Gasteiger partial charge in [0.25, 0.3) is 0 Å². The van der Waals surface area contributed by atoms with Crippen molar-refractivity contribution in [1.29, 1.82) is 0 Å². The first kappa shape index (κ1) is 28.4. The zero-order valence-electron chi connectivity index (χ0n) is 22.2. The second-order valence-electron chi connectivity index (χ2n) is 9.84. The summed E-state index contributed by atoms with van der Waals surface area (Å²) in [4.78, 5) is 22.0. The second kappa shape index (κ2) is 14.5. The van der Waals surface area contributed by atoms with Crippen molar-refractivity contribution in [2.75, 3.05) is 5.32 Å². The summed E-state index contributed by atoms with van der Waals surface area (Å²) in [5.74, 6) is 0.961. The van der Waals surface area contributed by atoms with Crippen LogP contribution in [0.5, 0.6) is 0 Å². The Morgan fingerprint density at radius 3 is 2.26 bits per heavy atom. The van der Waals surface area contributed by atoms with E-state index in [1.54, 1.807) is 13.0 Å². The average molecular weight is 477 g/mol. The number of nitrogens with one attached hydrogen (secondary N) is 1. The van der Waals surface area contributed by atoms with Gasteiger partial charge in [-0.3, -0.25) is 9.59 Å². The maximum Gasteiger partial charge on any atom is 0.248 e. The highest BCUT2D eigenvalue weighted by atomic mass is 16.1. The highest BCUT2D eigenvalue weighted by Crippen LogP contribution is 2.32. The summed E-state index contributed by atoms with van der Waals surface area (Å²) in [7, 11) is 0. The molecule has 0 saturated heterocycles. The molecule has 3 rings (SSSR count). The number of carbonyl (C=O) groups is 2. The molecular weight excluding hydrogens is 432 g/mol. The largest absolute Gasteiger partial charge is 0.381 e. The van der Waals surface area contributed by atoms with Gasteiger partial charge in [0, 0.05) is 23.7 Å². The molecule has 1 aliphatic rings. The minimum Gasteiger partial charge on any atom is -0.381 e. The van der Waals surface area contributed by atoms with Gasteiger partial charge in [-0.25, -0.2) is 0 Å². The maximum atomic E-state index is 11.3. The van der Waals surface area contributed by atoms with Crippen molar-refractivity contribution in [1.82, 2.24) is 0 Å². The van der Waals surface area contributed by atoms with Crippen molar-refractivity contribution >= 4 is 23.0 Å². The molecule has 1 saturated carbocycles. The normalized spacial score (nSPS) is 13.3. The van der Waals surface area contributed by atoms with E-state index in [2.05, 4.69) is 50.9 Å². The molecule has 190 valence electrons. The zero-order chi connectivity index (χ0) is 25.8. The van der Waals surface area contributed by atoms with Crippen LogP contribution >= 0.6 is 0 Å². The number of hydrogen-bond donors (Lipinski definition) is 2. The molecule has 3 N–H and O–H groups in total. The number of allylic oxidation sites excluding steroid dienone is 1. The van der Waals surface area contributed by atoms with Crippen LogP contribution in [0.2, 0.25) is 0 Å². The monoisotopic (exact) mass is 476 g/mol. The molecule has 2 aromatic rings. The highest BCUT2D eigenvalue weighted by Gasteiger charge is 2.18. The fourth-order valence-electron chi connectivity index (χ4n) is 4.86. The first-order chi connectivity index (χ1) is 16.8. The molecule has 4 heteroatoms. The summed E-state index contributed by atoms with van der Waals surface area (Å²) < 4.78 is 0. The lowest BCUT2D eigenvalue weighted by atomic mass is 9.85. The second-order valence-corrected chi connectivity index (χ2v) is 9.84. The van der Waals surface area contributed by atoms with Crippen LogP contribution in [0.4, 0.5) is 5.69 Å². The Morgan fingerprint density at radius 2 is 1.71 bits per heavy atom. The number of carbonyl (C=O) groups excluding carboxylic acids is 2. The van der Waals surface area contributed by atoms with Crippen LogP contribution in [0.1, 0.15) is 99.2 Å². The van der Waals surface area contributed by atoms with Gasteiger partial charge in [0.1, 0.15) is 5.78 Å². The lowest BCUT2D eigenvalue weighted by Gasteiger charge is -2.21. The number of primary amides is 1. The van der Waals surface area contributed by atoms with Crippen LogP contribution < -0.4 is 11.1 Å². The number of benzene rings is 2. The predicted octanol–water partition coefficient (Wildman–Crippen LogP) is 7.70. The fourth-order valence-corrected chi connectivity index (χ4v) is 4.86. The maximum absolute atomic E-state index is 11.3. The SMILES string of the molecule is C=C(c1cc(NCc2cccc(C(N)=O)c2)ccc1C)C(CCC)CCC.CC(=O)C1CCCC1. The van der Waals surface area contributed by atoms with Crippen LogP contribution in [0.25, 0.3) is 5.57 Å². The lowest BCUT2D eigenvalue weighted by Crippen LogP contribution is -2.11. The van der Waals surface area contributed by atoms with Gasteiger partial charge < -0.3 is 11.1 Å². The number of nitrogens with two attached hydrogens (primary N) is 1. The van der Waals surface area contributed by atoms with Crippen LogP contribution in [0.15, 0.2) is 49.0 Å². The average Bonchev–Trinajstić information content (AvgIpc) is 3.39. The number of rotatable bonds is 11. The molecule has 4 nitrogen and oxygen atoms in total. The molecule has 1 fully saturated rings. The molecule has 0 unspecified atom stereocenters. The van der Waals surface area contributed by atoms with Crippen molar-refractivity contribution in [2.45, 2.75) is 85.6 Å². The van der Waals surface area contributed by atoms with Crippen molar-refractivity contribution in [2.24, 2.45) is 17.6 Å². The number of Topliss-reactive ketones (excluding diaryl/α,β-unsaturated/α-hetero) is 1. The Balaban J connectivity index is 0.000000456. The van der Waals surface area contributed by atoms with Crippen molar-refractivity contribution in [3.8, 4) is 0 Å². The van der Waals surface area contributed by atoms with E-state index >= 15 is 0 Å². The standard InChI is InChI=1S/C24H32N2O.C7H12O/c1-5-8-20(9-6-2)18(4)23-15-22(13-12-17(23)3)26-16-19-10-7-11-21(14-19)24(25)27;1-6(8)7-4-2-3-5-7/h7,10-15,20,26H,4-6,8-9,16H2,1-3H3,(H2,25,27);7H,2-5H2,1H3. The zero-order valence-corrected chi connectivity index (χ0v) is 22.2. The van der Waals surface area contributed by atoms with Gasteiger partial charge in [0.2, 0.25) is 5.91 Å². The third kappa shape index (κ3) is 9.01. The van der Waals surface area contributed by atoms with Crippen molar-refractivity contribution < 1.29 is 9.59 Å². The van der Waals surface area contributed by atoms with Crippen molar-refractivity contribution in [3.05, 3.63) is 71.3 Å². The Kier molecular flexibility index (Phi) is 11.8. The van der Waals surface area contributed by atoms with E-state index in [1.807, 2.05) is 18.2 Å². The van der Waals surface area contributed by atoms with Crippen molar-refractivity contribution in [3.63, 3.8) is 0 Å². The summed E-state index contributed by atoms with van der Waals surface area (Å²) >= 11 is 0. The minimum atomic E-state index is -0.399. The van der Waals surface area contributed by atoms with Crippen LogP contribution in [-0.2, 0) is 11.3 Å². The Bertz CT molecular complexity index is 983. The molecule has 0 aliphatic heterocycles. The summed E-state index contributed by atoms with van der Waals surface area (Å²) in [6, 6.07) is 13.9. The van der Waals surface area contributed by atoms with E-state index in [-0.39, 0.29) is 0 Å². The Hall–Kier alpha value is -2.88. The summed E-state index contributed by atoms with van der Waals surface area (Å²) in [6.07, 6.45) is 9.56. The molecule has 0 spiro atoms. The van der Waals surface area contributed by atoms with Gasteiger partial charge in [-0.2, -0.15) is 0 Å². The van der Waals surface area contributed by atoms with E-state index in [9.17, 15) is 9.59 Å². The quantitative estimate of drug-likeness (QED) is 0.349. The van der Waals surface area contributed by atoms with E-state index < -0.39 is 5.91 Å². The van der Waals surface area contributed by atoms with Gasteiger partial charge in [0.05, 0.1) is 0 Å². The predicted molar refractivity (Wildman–Crippen MR) is 148 cm³/mol. The molecule has 2 aromatic carbocycles. The molecule has 1 aliphatic carbocycles. The van der Waals surface area contributed by atoms with Crippen LogP contribution in [0, 0.1) is 18.8 Å². The van der Waals surface area contributed by atoms with Gasteiger partial charge in [-0.15, -0.1) is 0 Å². The molecule has 35 heavy (non-hydrogen) atoms. The van der Waals surface area contributed by atoms with Gasteiger partial charge in [0.15, 0.2) is 0 Å². The van der Waals surface area contributed by atoms with E-state index in [0.717, 1.165) is 24.1 Å². The smallest absolute Gasteiger partial charge is 0.248 e. The van der Waals surface area contributed by atoms with E-state index in [0.29, 0.717) is 29.7 Å². The lowest BCUT2D eigenvalue weighted by molar-refractivity contribution is -0.120. The van der Waals surface area contributed by atoms with E-state index in [1.165, 1.54) is 55.2 Å². The van der Waals surface area contributed by atoms with Gasteiger partial charge in [-0.1, -0.05) is 64.3 Å². The Morgan fingerprint density at radius 1 is 1.06 bits per heavy atom. The molecule has 0 radical (unpaired) electrons. The number of anilines is 1. The van der Waals surface area contributed by atoms with Gasteiger partial charge >= 0.3 is 0 Å².